The van der Waals surface area contributed by atoms with E-state index in [9.17, 15) is 9.18 Å². The summed E-state index contributed by atoms with van der Waals surface area (Å²) in [5, 5.41) is 0. The van der Waals surface area contributed by atoms with E-state index in [1.807, 2.05) is 0 Å². The molecule has 0 amide bonds. The average molecular weight is 153 g/mol. The van der Waals surface area contributed by atoms with Crippen molar-refractivity contribution in [2.24, 2.45) is 0 Å². The van der Waals surface area contributed by atoms with Crippen molar-refractivity contribution in [3.05, 3.63) is 29.8 Å². The van der Waals surface area contributed by atoms with Gasteiger partial charge in [-0.1, -0.05) is 13.0 Å². The van der Waals surface area contributed by atoms with Crippen molar-refractivity contribution >= 4 is 6.29 Å². The van der Waals surface area contributed by atoms with E-state index in [-0.39, 0.29) is 5.92 Å². The maximum Gasteiger partial charge on any atom is 0.212 e. The highest BCUT2D eigenvalue weighted by molar-refractivity contribution is 5.60. The summed E-state index contributed by atoms with van der Waals surface area (Å²) in [5.41, 5.74) is 0.737. The molecule has 11 heavy (non-hydrogen) atoms. The van der Waals surface area contributed by atoms with Crippen molar-refractivity contribution in [1.29, 1.82) is 0 Å². The van der Waals surface area contributed by atoms with Gasteiger partial charge in [0.25, 0.3) is 0 Å². The summed E-state index contributed by atoms with van der Waals surface area (Å²) in [4.78, 5) is 13.7. The fourth-order valence-electron chi connectivity index (χ4n) is 0.735. The second-order valence-electron chi connectivity index (χ2n) is 2.34. The van der Waals surface area contributed by atoms with Gasteiger partial charge < -0.3 is 4.79 Å². The molecule has 0 aliphatic heterocycles. The topological polar surface area (TPSA) is 30.0 Å². The van der Waals surface area contributed by atoms with Crippen LogP contribution in [-0.4, -0.2) is 11.3 Å². The molecule has 1 rings (SSSR count). The van der Waals surface area contributed by atoms with Crippen molar-refractivity contribution in [2.75, 3.05) is 0 Å². The maximum absolute atomic E-state index is 12.3. The van der Waals surface area contributed by atoms with Crippen LogP contribution in [-0.2, 0) is 4.79 Å². The quantitative estimate of drug-likeness (QED) is 0.476. The highest BCUT2D eigenvalue weighted by Gasteiger charge is 2.02. The second kappa shape index (κ2) is 3.23. The van der Waals surface area contributed by atoms with Gasteiger partial charge in [0.1, 0.15) is 6.29 Å². The Labute approximate surface area is 64.1 Å². The predicted molar refractivity (Wildman–Crippen MR) is 38.7 cm³/mol. The van der Waals surface area contributed by atoms with E-state index in [4.69, 9.17) is 0 Å². The van der Waals surface area contributed by atoms with Gasteiger partial charge in [0.2, 0.25) is 5.95 Å². The number of carbonyl (C=O) groups is 1. The molecule has 1 atom stereocenters. The minimum absolute atomic E-state index is 0.205. The third-order valence-corrected chi connectivity index (χ3v) is 1.48. The van der Waals surface area contributed by atoms with Crippen LogP contribution in [0.1, 0.15) is 18.4 Å². The number of hydrogen-bond acceptors (Lipinski definition) is 2. The number of halogens is 1. The van der Waals surface area contributed by atoms with E-state index in [1.165, 1.54) is 12.3 Å². The number of rotatable bonds is 2. The Morgan fingerprint density at radius 3 is 2.82 bits per heavy atom. The van der Waals surface area contributed by atoms with E-state index in [0.717, 1.165) is 11.8 Å². The number of nitrogens with zero attached hydrogens (tertiary/aromatic N) is 1. The Kier molecular flexibility index (Phi) is 2.31. The first-order valence-electron chi connectivity index (χ1n) is 3.31. The number of aldehydes is 1. The molecule has 0 saturated carbocycles. The fourth-order valence-corrected chi connectivity index (χ4v) is 0.735. The molecule has 0 aromatic carbocycles. The molecule has 0 aliphatic carbocycles. The number of hydrogen-bond donors (Lipinski definition) is 0. The molecular formula is C8H8FNO. The molecule has 0 aliphatic rings. The molecule has 58 valence electrons. The van der Waals surface area contributed by atoms with E-state index in [1.54, 1.807) is 13.0 Å². The summed E-state index contributed by atoms with van der Waals surface area (Å²) in [7, 11) is 0. The Bertz CT molecular complexity index is 245. The van der Waals surface area contributed by atoms with Crippen LogP contribution in [0.2, 0.25) is 0 Å². The lowest BCUT2D eigenvalue weighted by Crippen LogP contribution is -1.95. The SMILES string of the molecule is CC(C=O)c1ccc(F)nc1. The van der Waals surface area contributed by atoms with Crippen LogP contribution < -0.4 is 0 Å². The Hall–Kier alpha value is -1.25. The van der Waals surface area contributed by atoms with Crippen LogP contribution in [0.15, 0.2) is 18.3 Å². The van der Waals surface area contributed by atoms with Crippen LogP contribution in [0.25, 0.3) is 0 Å². The number of carbonyl (C=O) groups excluding carboxylic acids is 1. The third-order valence-electron chi connectivity index (χ3n) is 1.48. The molecule has 0 spiro atoms. The third kappa shape index (κ3) is 1.83. The van der Waals surface area contributed by atoms with Gasteiger partial charge >= 0.3 is 0 Å². The van der Waals surface area contributed by atoms with Crippen molar-refractivity contribution in [3.8, 4) is 0 Å². The molecule has 1 unspecified atom stereocenters. The summed E-state index contributed by atoms with van der Waals surface area (Å²) in [6.45, 7) is 1.74. The van der Waals surface area contributed by atoms with Crippen LogP contribution in [0.4, 0.5) is 4.39 Å². The van der Waals surface area contributed by atoms with Crippen LogP contribution in [0.5, 0.6) is 0 Å². The van der Waals surface area contributed by atoms with Gasteiger partial charge in [0.15, 0.2) is 0 Å². The molecule has 0 fully saturated rings. The zero-order valence-corrected chi connectivity index (χ0v) is 6.12. The lowest BCUT2D eigenvalue weighted by Gasteiger charge is -2.00. The van der Waals surface area contributed by atoms with Gasteiger partial charge in [0.05, 0.1) is 0 Å². The first-order chi connectivity index (χ1) is 5.24. The first-order valence-corrected chi connectivity index (χ1v) is 3.31. The smallest absolute Gasteiger partial charge is 0.212 e. The average Bonchev–Trinajstić information content (AvgIpc) is 2.05. The van der Waals surface area contributed by atoms with Crippen molar-refractivity contribution in [3.63, 3.8) is 0 Å². The summed E-state index contributed by atoms with van der Waals surface area (Å²) < 4.78 is 12.3. The number of aromatic nitrogens is 1. The normalized spacial score (nSPS) is 12.5. The molecule has 1 aromatic heterocycles. The summed E-state index contributed by atoms with van der Waals surface area (Å²) in [6, 6.07) is 2.80. The van der Waals surface area contributed by atoms with Gasteiger partial charge in [-0.3, -0.25) is 0 Å². The first kappa shape index (κ1) is 7.85. The second-order valence-corrected chi connectivity index (χ2v) is 2.34. The Balaban J connectivity index is 2.89. The summed E-state index contributed by atoms with van der Waals surface area (Å²) in [5.74, 6) is -0.727. The molecule has 0 saturated heterocycles. The largest absolute Gasteiger partial charge is 0.303 e. The van der Waals surface area contributed by atoms with Crippen molar-refractivity contribution < 1.29 is 9.18 Å². The van der Waals surface area contributed by atoms with Gasteiger partial charge in [-0.05, 0) is 11.6 Å². The van der Waals surface area contributed by atoms with E-state index < -0.39 is 5.95 Å². The standard InChI is InChI=1S/C8H8FNO/c1-6(5-11)7-2-3-8(9)10-4-7/h2-6H,1H3. The van der Waals surface area contributed by atoms with Gasteiger partial charge in [0, 0.05) is 12.1 Å². The lowest BCUT2D eigenvalue weighted by molar-refractivity contribution is -0.108. The maximum atomic E-state index is 12.3. The van der Waals surface area contributed by atoms with Crippen LogP contribution in [0.3, 0.4) is 0 Å². The Morgan fingerprint density at radius 2 is 2.36 bits per heavy atom. The summed E-state index contributed by atoms with van der Waals surface area (Å²) in [6.07, 6.45) is 2.17. The van der Waals surface area contributed by atoms with Crippen LogP contribution in [0, 0.1) is 5.95 Å². The highest BCUT2D eigenvalue weighted by Crippen LogP contribution is 2.10. The molecule has 0 bridgehead atoms. The highest BCUT2D eigenvalue weighted by atomic mass is 19.1. The minimum Gasteiger partial charge on any atom is -0.303 e. The molecule has 3 heteroatoms. The zero-order valence-electron chi connectivity index (χ0n) is 6.12. The monoisotopic (exact) mass is 153 g/mol. The van der Waals surface area contributed by atoms with Gasteiger partial charge in [-0.15, -0.1) is 0 Å². The predicted octanol–water partition coefficient (Wildman–Crippen LogP) is 1.52. The molecule has 0 radical (unpaired) electrons. The van der Waals surface area contributed by atoms with E-state index in [2.05, 4.69) is 4.98 Å². The van der Waals surface area contributed by atoms with Gasteiger partial charge in [-0.25, -0.2) is 4.98 Å². The Morgan fingerprint density at radius 1 is 1.64 bits per heavy atom. The summed E-state index contributed by atoms with van der Waals surface area (Å²) >= 11 is 0. The molecular weight excluding hydrogens is 145 g/mol. The number of pyridine rings is 1. The molecule has 0 N–H and O–H groups in total. The van der Waals surface area contributed by atoms with Crippen molar-refractivity contribution in [1.82, 2.24) is 4.98 Å². The molecule has 2 nitrogen and oxygen atoms in total. The van der Waals surface area contributed by atoms with Crippen LogP contribution >= 0.6 is 0 Å². The minimum atomic E-state index is -0.521. The lowest BCUT2D eigenvalue weighted by atomic mass is 10.1. The van der Waals surface area contributed by atoms with Crippen molar-refractivity contribution in [2.45, 2.75) is 12.8 Å². The molecule has 1 aromatic rings. The molecule has 1 heterocycles. The fraction of sp³-hybridized carbons (Fsp3) is 0.250. The van der Waals surface area contributed by atoms with E-state index in [0.29, 0.717) is 0 Å². The van der Waals surface area contributed by atoms with E-state index >= 15 is 0 Å². The van der Waals surface area contributed by atoms with Gasteiger partial charge in [-0.2, -0.15) is 4.39 Å². The zero-order chi connectivity index (χ0) is 8.27.